The summed E-state index contributed by atoms with van der Waals surface area (Å²) < 4.78 is 0. The Morgan fingerprint density at radius 3 is 2.14 bits per heavy atom. The number of rotatable bonds is 5. The van der Waals surface area contributed by atoms with Gasteiger partial charge in [0, 0.05) is 63.3 Å². The third-order valence-electron chi connectivity index (χ3n) is 6.30. The van der Waals surface area contributed by atoms with Gasteiger partial charge in [-0.2, -0.15) is 0 Å². The molecule has 1 unspecified atom stereocenters. The van der Waals surface area contributed by atoms with Crippen LogP contribution in [0.2, 0.25) is 0 Å². The van der Waals surface area contributed by atoms with Crippen molar-refractivity contribution in [3.8, 4) is 0 Å². The van der Waals surface area contributed by atoms with E-state index >= 15 is 0 Å². The predicted molar refractivity (Wildman–Crippen MR) is 93.3 cm³/mol. The van der Waals surface area contributed by atoms with Crippen molar-refractivity contribution >= 4 is 0 Å². The molecule has 0 amide bonds. The van der Waals surface area contributed by atoms with Crippen LogP contribution in [0.3, 0.4) is 0 Å². The maximum atomic E-state index is 2.76. The summed E-state index contributed by atoms with van der Waals surface area (Å²) in [6, 6.07) is 1.47. The van der Waals surface area contributed by atoms with Gasteiger partial charge in [0.2, 0.25) is 0 Å². The molecule has 3 saturated heterocycles. The average molecular weight is 309 g/mol. The summed E-state index contributed by atoms with van der Waals surface area (Å²) in [6.45, 7) is 18.7. The largest absolute Gasteiger partial charge is 0.305 e. The molecule has 0 aromatic carbocycles. The Balaban J connectivity index is 1.36. The molecule has 22 heavy (non-hydrogen) atoms. The zero-order valence-electron chi connectivity index (χ0n) is 15.2. The molecule has 3 rings (SSSR count). The van der Waals surface area contributed by atoms with E-state index in [-0.39, 0.29) is 0 Å². The minimum Gasteiger partial charge on any atom is -0.305 e. The van der Waals surface area contributed by atoms with Crippen LogP contribution in [0.5, 0.6) is 0 Å². The maximum absolute atomic E-state index is 2.76. The lowest BCUT2D eigenvalue weighted by molar-refractivity contribution is 0.0258. The summed E-state index contributed by atoms with van der Waals surface area (Å²) in [5.41, 5.74) is 0.659. The van der Waals surface area contributed by atoms with Gasteiger partial charge in [-0.1, -0.05) is 0 Å². The van der Waals surface area contributed by atoms with Crippen LogP contribution in [0.25, 0.3) is 0 Å². The summed E-state index contributed by atoms with van der Waals surface area (Å²) in [7, 11) is 2.26. The smallest absolute Gasteiger partial charge is 0.0113 e. The van der Waals surface area contributed by atoms with Gasteiger partial charge in [0.1, 0.15) is 0 Å². The minimum atomic E-state index is 0.659. The summed E-state index contributed by atoms with van der Waals surface area (Å²) in [4.78, 5) is 10.5. The van der Waals surface area contributed by atoms with Crippen molar-refractivity contribution < 1.29 is 0 Å². The van der Waals surface area contributed by atoms with Gasteiger partial charge in [0.25, 0.3) is 0 Å². The van der Waals surface area contributed by atoms with Crippen molar-refractivity contribution in [2.75, 3.05) is 66.0 Å². The van der Waals surface area contributed by atoms with E-state index in [9.17, 15) is 0 Å². The molecule has 4 nitrogen and oxygen atoms in total. The van der Waals surface area contributed by atoms with Gasteiger partial charge < -0.3 is 9.80 Å². The lowest BCUT2D eigenvalue weighted by atomic mass is 9.79. The first-order valence-corrected chi connectivity index (χ1v) is 9.36. The molecule has 1 atom stereocenters. The molecule has 3 aliphatic rings. The summed E-state index contributed by atoms with van der Waals surface area (Å²) in [6.07, 6.45) is 2.77. The predicted octanol–water partition coefficient (Wildman–Crippen LogP) is 1.43. The van der Waals surface area contributed by atoms with Gasteiger partial charge in [0.15, 0.2) is 0 Å². The monoisotopic (exact) mass is 308 g/mol. The van der Waals surface area contributed by atoms with Crippen LogP contribution >= 0.6 is 0 Å². The molecule has 3 aliphatic heterocycles. The Bertz CT molecular complexity index is 356. The fourth-order valence-electron chi connectivity index (χ4n) is 4.76. The van der Waals surface area contributed by atoms with Gasteiger partial charge in [-0.3, -0.25) is 9.80 Å². The molecule has 0 saturated carbocycles. The molecular formula is C18H36N4. The van der Waals surface area contributed by atoms with Crippen molar-refractivity contribution in [1.29, 1.82) is 0 Å². The molecule has 3 heterocycles. The van der Waals surface area contributed by atoms with Crippen LogP contribution in [0.15, 0.2) is 0 Å². The topological polar surface area (TPSA) is 13.0 Å². The minimum absolute atomic E-state index is 0.659. The van der Waals surface area contributed by atoms with Crippen LogP contribution in [-0.2, 0) is 0 Å². The zero-order chi connectivity index (χ0) is 15.7. The fraction of sp³-hybridized carbons (Fsp3) is 1.00. The van der Waals surface area contributed by atoms with E-state index in [1.54, 1.807) is 0 Å². The van der Waals surface area contributed by atoms with Gasteiger partial charge in [-0.05, 0) is 53.8 Å². The van der Waals surface area contributed by atoms with Crippen molar-refractivity contribution in [3.05, 3.63) is 0 Å². The normalized spacial score (nSPS) is 29.3. The number of piperazine rings is 1. The lowest BCUT2D eigenvalue weighted by Crippen LogP contribution is -2.56. The Morgan fingerprint density at radius 1 is 0.864 bits per heavy atom. The molecule has 128 valence electrons. The van der Waals surface area contributed by atoms with E-state index in [4.69, 9.17) is 0 Å². The standard InChI is InChI=1S/C18H36N4/c1-16(2)21-11-9-20(10-12-21)7-5-17(3)22-8-6-18(15-22)13-19(4)14-18/h16-17H,5-15H2,1-4H3. The van der Waals surface area contributed by atoms with E-state index in [1.165, 1.54) is 71.7 Å². The molecule has 1 spiro atoms. The van der Waals surface area contributed by atoms with E-state index < -0.39 is 0 Å². The van der Waals surface area contributed by atoms with Crippen LogP contribution in [0.4, 0.5) is 0 Å². The van der Waals surface area contributed by atoms with Gasteiger partial charge >= 0.3 is 0 Å². The van der Waals surface area contributed by atoms with E-state index in [0.717, 1.165) is 6.04 Å². The molecule has 0 N–H and O–H groups in total. The van der Waals surface area contributed by atoms with Crippen LogP contribution in [0.1, 0.15) is 33.6 Å². The van der Waals surface area contributed by atoms with Crippen LogP contribution in [0, 0.1) is 5.41 Å². The number of hydrogen-bond donors (Lipinski definition) is 0. The third kappa shape index (κ3) is 3.66. The van der Waals surface area contributed by atoms with E-state index in [2.05, 4.69) is 47.4 Å². The summed E-state index contributed by atoms with van der Waals surface area (Å²) in [5, 5.41) is 0. The van der Waals surface area contributed by atoms with Crippen molar-refractivity contribution in [1.82, 2.24) is 19.6 Å². The van der Waals surface area contributed by atoms with Gasteiger partial charge in [0.05, 0.1) is 0 Å². The highest BCUT2D eigenvalue weighted by atomic mass is 15.3. The first kappa shape index (κ1) is 16.7. The lowest BCUT2D eigenvalue weighted by Gasteiger charge is -2.46. The second-order valence-electron chi connectivity index (χ2n) is 8.50. The first-order chi connectivity index (χ1) is 10.5. The number of nitrogens with zero attached hydrogens (tertiary/aromatic N) is 4. The number of hydrogen-bond acceptors (Lipinski definition) is 4. The molecule has 0 aliphatic carbocycles. The SMILES string of the molecule is CC(C)N1CCN(CCC(C)N2CCC3(CN(C)C3)C2)CC1. The second-order valence-corrected chi connectivity index (χ2v) is 8.50. The number of likely N-dealkylation sites (tertiary alicyclic amines) is 2. The molecule has 0 aromatic rings. The highest BCUT2D eigenvalue weighted by Gasteiger charge is 2.46. The van der Waals surface area contributed by atoms with Crippen LogP contribution in [-0.4, -0.2) is 97.6 Å². The zero-order valence-corrected chi connectivity index (χ0v) is 15.2. The van der Waals surface area contributed by atoms with Gasteiger partial charge in [-0.15, -0.1) is 0 Å². The molecule has 4 heteroatoms. The fourth-order valence-corrected chi connectivity index (χ4v) is 4.76. The second kappa shape index (κ2) is 6.76. The van der Waals surface area contributed by atoms with E-state index in [0.29, 0.717) is 11.5 Å². The Kier molecular flexibility index (Phi) is 5.13. The molecule has 0 bridgehead atoms. The quantitative estimate of drug-likeness (QED) is 0.762. The van der Waals surface area contributed by atoms with E-state index in [1.807, 2.05) is 0 Å². The summed E-state index contributed by atoms with van der Waals surface area (Å²) in [5.74, 6) is 0. The Labute approximate surface area is 137 Å². The highest BCUT2D eigenvalue weighted by molar-refractivity contribution is 5.01. The molecule has 0 radical (unpaired) electrons. The molecular weight excluding hydrogens is 272 g/mol. The highest BCUT2D eigenvalue weighted by Crippen LogP contribution is 2.39. The first-order valence-electron chi connectivity index (χ1n) is 9.36. The third-order valence-corrected chi connectivity index (χ3v) is 6.30. The van der Waals surface area contributed by atoms with Crippen LogP contribution < -0.4 is 0 Å². The maximum Gasteiger partial charge on any atom is 0.0113 e. The van der Waals surface area contributed by atoms with Crippen molar-refractivity contribution in [2.24, 2.45) is 5.41 Å². The average Bonchev–Trinajstić information content (AvgIpc) is 2.90. The molecule has 3 fully saturated rings. The van der Waals surface area contributed by atoms with Crippen molar-refractivity contribution in [2.45, 2.75) is 45.7 Å². The Hall–Kier alpha value is -0.160. The Morgan fingerprint density at radius 2 is 1.55 bits per heavy atom. The summed E-state index contributed by atoms with van der Waals surface area (Å²) >= 11 is 0. The van der Waals surface area contributed by atoms with Gasteiger partial charge in [-0.25, -0.2) is 0 Å². The molecule has 0 aromatic heterocycles. The van der Waals surface area contributed by atoms with Crippen molar-refractivity contribution in [3.63, 3.8) is 0 Å².